The van der Waals surface area contributed by atoms with Gasteiger partial charge in [-0.25, -0.2) is 0 Å². The summed E-state index contributed by atoms with van der Waals surface area (Å²) in [5, 5.41) is 3.79. The Hall–Kier alpha value is -1.02. The second-order valence-electron chi connectivity index (χ2n) is 8.77. The van der Waals surface area contributed by atoms with Crippen LogP contribution in [0, 0.1) is 23.7 Å². The number of hydrogen-bond acceptors (Lipinski definition) is 2. The normalized spacial score (nSPS) is 42.8. The van der Waals surface area contributed by atoms with Crippen LogP contribution in [0.5, 0.6) is 0 Å². The van der Waals surface area contributed by atoms with E-state index in [-0.39, 0.29) is 0 Å². The van der Waals surface area contributed by atoms with E-state index in [0.29, 0.717) is 6.04 Å². The molecule has 1 aromatic rings. The number of nitrogens with one attached hydrogen (secondary N) is 1. The first-order valence-corrected chi connectivity index (χ1v) is 9.91. The largest absolute Gasteiger partial charge is 0.381 e. The number of anilines is 1. The number of nitrogens with zero attached hydrogens (tertiary/aromatic N) is 1. The molecule has 1 saturated heterocycles. The Bertz CT molecular complexity index is 512. The van der Waals surface area contributed by atoms with Gasteiger partial charge in [-0.2, -0.15) is 0 Å². The molecule has 5 aliphatic rings. The highest BCUT2D eigenvalue weighted by Gasteiger charge is 2.50. The van der Waals surface area contributed by atoms with E-state index in [1.807, 2.05) is 0 Å². The van der Waals surface area contributed by atoms with E-state index in [1.165, 1.54) is 31.6 Å². The maximum Gasteiger partial charge on any atom is 0.0389 e. The zero-order valence-electron chi connectivity index (χ0n) is 14.2. The molecule has 0 spiro atoms. The Kier molecular flexibility index (Phi) is 3.62. The summed E-state index contributed by atoms with van der Waals surface area (Å²) in [5.41, 5.74) is 1.30. The number of piperidine rings is 1. The molecule has 0 amide bonds. The second kappa shape index (κ2) is 5.81. The number of para-hydroxylation sites is 1. The summed E-state index contributed by atoms with van der Waals surface area (Å²) in [6.45, 7) is 2.61. The van der Waals surface area contributed by atoms with Crippen molar-refractivity contribution in [1.29, 1.82) is 0 Å². The molecule has 1 N–H and O–H groups in total. The summed E-state index contributed by atoms with van der Waals surface area (Å²) in [6.07, 6.45) is 10.5. The van der Waals surface area contributed by atoms with E-state index in [1.54, 1.807) is 32.1 Å². The predicted octanol–water partition coefficient (Wildman–Crippen LogP) is 4.39. The fourth-order valence-electron chi connectivity index (χ4n) is 6.66. The van der Waals surface area contributed by atoms with Crippen molar-refractivity contribution in [3.05, 3.63) is 30.3 Å². The van der Waals surface area contributed by atoms with Crippen molar-refractivity contribution >= 4 is 5.69 Å². The smallest absolute Gasteiger partial charge is 0.0389 e. The van der Waals surface area contributed by atoms with Crippen LogP contribution in [0.25, 0.3) is 0 Å². The van der Waals surface area contributed by atoms with Gasteiger partial charge in [-0.15, -0.1) is 0 Å². The molecule has 124 valence electrons. The summed E-state index contributed by atoms with van der Waals surface area (Å²) in [5.74, 6) is 4.25. The summed E-state index contributed by atoms with van der Waals surface area (Å²) < 4.78 is 0. The van der Waals surface area contributed by atoms with Crippen molar-refractivity contribution in [3.63, 3.8) is 0 Å². The maximum atomic E-state index is 3.79. The van der Waals surface area contributed by atoms with Gasteiger partial charge in [-0.1, -0.05) is 18.2 Å². The van der Waals surface area contributed by atoms with Crippen LogP contribution in [-0.4, -0.2) is 30.1 Å². The summed E-state index contributed by atoms with van der Waals surface area (Å²) in [7, 11) is 0. The van der Waals surface area contributed by atoms with Gasteiger partial charge in [0.25, 0.3) is 0 Å². The molecule has 0 radical (unpaired) electrons. The van der Waals surface area contributed by atoms with Crippen molar-refractivity contribution < 1.29 is 0 Å². The first-order valence-electron chi connectivity index (χ1n) is 9.91. The number of likely N-dealkylation sites (tertiary alicyclic amines) is 1. The van der Waals surface area contributed by atoms with Crippen LogP contribution in [0.15, 0.2) is 30.3 Å². The van der Waals surface area contributed by atoms with Gasteiger partial charge in [0.05, 0.1) is 0 Å². The fourth-order valence-corrected chi connectivity index (χ4v) is 6.66. The van der Waals surface area contributed by atoms with Crippen molar-refractivity contribution in [2.45, 2.75) is 57.0 Å². The van der Waals surface area contributed by atoms with Crippen LogP contribution in [0.4, 0.5) is 5.69 Å². The lowest BCUT2D eigenvalue weighted by Gasteiger charge is -2.58. The van der Waals surface area contributed by atoms with E-state index in [2.05, 4.69) is 40.5 Å². The Labute approximate surface area is 140 Å². The van der Waals surface area contributed by atoms with Crippen LogP contribution in [0.1, 0.15) is 44.9 Å². The molecule has 2 nitrogen and oxygen atoms in total. The third-order valence-electron chi connectivity index (χ3n) is 7.20. The van der Waals surface area contributed by atoms with Gasteiger partial charge in [0.2, 0.25) is 0 Å². The lowest BCUT2D eigenvalue weighted by atomic mass is 9.53. The molecule has 23 heavy (non-hydrogen) atoms. The van der Waals surface area contributed by atoms with Crippen molar-refractivity contribution in [2.24, 2.45) is 23.7 Å². The molecule has 1 heterocycles. The molecule has 0 unspecified atom stereocenters. The van der Waals surface area contributed by atoms with Crippen LogP contribution >= 0.6 is 0 Å². The summed E-state index contributed by atoms with van der Waals surface area (Å²) >= 11 is 0. The van der Waals surface area contributed by atoms with Gasteiger partial charge in [0.1, 0.15) is 0 Å². The molecule has 2 heteroatoms. The van der Waals surface area contributed by atoms with Crippen LogP contribution < -0.4 is 5.32 Å². The fraction of sp³-hybridized carbons (Fsp3) is 0.714. The van der Waals surface area contributed by atoms with Gasteiger partial charge in [-0.05, 0) is 87.3 Å². The molecule has 4 bridgehead atoms. The number of hydrogen-bond donors (Lipinski definition) is 1. The predicted molar refractivity (Wildman–Crippen MR) is 95.5 cm³/mol. The molecule has 5 fully saturated rings. The molecule has 0 aromatic heterocycles. The van der Waals surface area contributed by atoms with E-state index >= 15 is 0 Å². The zero-order valence-corrected chi connectivity index (χ0v) is 14.2. The van der Waals surface area contributed by atoms with Gasteiger partial charge < -0.3 is 5.32 Å². The highest BCUT2D eigenvalue weighted by atomic mass is 15.2. The Morgan fingerprint density at radius 2 is 1.57 bits per heavy atom. The molecule has 1 aliphatic heterocycles. The van der Waals surface area contributed by atoms with Gasteiger partial charge in [-0.3, -0.25) is 4.90 Å². The Morgan fingerprint density at radius 1 is 0.870 bits per heavy atom. The standard InChI is InChI=1S/C21H30N2/c1-2-5-19(6-3-1)22-20-7-4-8-23(14-20)21-17-10-15-9-16(12-17)13-18(21)11-15/h1-3,5-6,15-18,20-22H,4,7-14H2/t15?,16?,17?,18?,20-,21?/m0/s1. The molecule has 4 aliphatic carbocycles. The highest BCUT2D eigenvalue weighted by molar-refractivity contribution is 5.43. The number of rotatable bonds is 3. The number of benzene rings is 1. The highest BCUT2D eigenvalue weighted by Crippen LogP contribution is 2.55. The minimum Gasteiger partial charge on any atom is -0.381 e. The molecule has 1 aromatic carbocycles. The molecule has 6 rings (SSSR count). The average Bonchev–Trinajstić information content (AvgIpc) is 2.55. The van der Waals surface area contributed by atoms with E-state index in [4.69, 9.17) is 0 Å². The van der Waals surface area contributed by atoms with Gasteiger partial charge in [0, 0.05) is 24.3 Å². The quantitative estimate of drug-likeness (QED) is 0.891. The summed E-state index contributed by atoms with van der Waals surface area (Å²) in [4.78, 5) is 2.90. The molecule has 4 saturated carbocycles. The Morgan fingerprint density at radius 3 is 2.26 bits per heavy atom. The third-order valence-corrected chi connectivity index (χ3v) is 7.20. The third kappa shape index (κ3) is 2.69. The monoisotopic (exact) mass is 310 g/mol. The van der Waals surface area contributed by atoms with Crippen molar-refractivity contribution in [1.82, 2.24) is 4.90 Å². The van der Waals surface area contributed by atoms with Crippen LogP contribution in [0.3, 0.4) is 0 Å². The first-order chi connectivity index (χ1) is 11.3. The zero-order chi connectivity index (χ0) is 15.2. The van der Waals surface area contributed by atoms with E-state index in [9.17, 15) is 0 Å². The van der Waals surface area contributed by atoms with Crippen molar-refractivity contribution in [2.75, 3.05) is 18.4 Å². The minimum atomic E-state index is 0.642. The summed E-state index contributed by atoms with van der Waals surface area (Å²) in [6, 6.07) is 12.4. The first kappa shape index (κ1) is 14.3. The second-order valence-corrected chi connectivity index (χ2v) is 8.77. The van der Waals surface area contributed by atoms with Gasteiger partial charge >= 0.3 is 0 Å². The SMILES string of the molecule is c1ccc(N[C@H]2CCCN(C3C4CC5CC(C4)CC3C5)C2)cc1. The molecular weight excluding hydrogens is 280 g/mol. The topological polar surface area (TPSA) is 15.3 Å². The maximum absolute atomic E-state index is 3.79. The lowest BCUT2D eigenvalue weighted by molar-refractivity contribution is -0.0710. The average molecular weight is 310 g/mol. The minimum absolute atomic E-state index is 0.642. The van der Waals surface area contributed by atoms with Crippen LogP contribution in [-0.2, 0) is 0 Å². The Balaban J connectivity index is 1.28. The van der Waals surface area contributed by atoms with E-state index in [0.717, 1.165) is 29.7 Å². The lowest BCUT2D eigenvalue weighted by Crippen LogP contribution is -2.59. The van der Waals surface area contributed by atoms with Gasteiger partial charge in [0.15, 0.2) is 0 Å². The van der Waals surface area contributed by atoms with E-state index < -0.39 is 0 Å². The molecular formula is C21H30N2. The van der Waals surface area contributed by atoms with Crippen LogP contribution in [0.2, 0.25) is 0 Å². The van der Waals surface area contributed by atoms with Crippen molar-refractivity contribution in [3.8, 4) is 0 Å². The molecule has 1 atom stereocenters.